The number of ether oxygens (including phenoxy) is 4. The lowest BCUT2D eigenvalue weighted by molar-refractivity contribution is -0.373. The summed E-state index contributed by atoms with van der Waals surface area (Å²) in [5.41, 5.74) is 1.72. The molecular formula is C20H22O6. The van der Waals surface area contributed by atoms with Gasteiger partial charge in [-0.1, -0.05) is 60.7 Å². The summed E-state index contributed by atoms with van der Waals surface area (Å²) >= 11 is 0. The van der Waals surface area contributed by atoms with E-state index >= 15 is 0 Å². The molecule has 2 aromatic rings. The average Bonchev–Trinajstić information content (AvgIpc) is 2.73. The monoisotopic (exact) mass is 358 g/mol. The first-order valence-corrected chi connectivity index (χ1v) is 8.73. The van der Waals surface area contributed by atoms with Crippen LogP contribution < -0.4 is 0 Å². The number of hydrogen-bond acceptors (Lipinski definition) is 6. The summed E-state index contributed by atoms with van der Waals surface area (Å²) in [5.74, 6) is 0. The number of benzene rings is 2. The maximum atomic E-state index is 10.3. The van der Waals surface area contributed by atoms with Crippen LogP contribution in [0, 0.1) is 0 Å². The average molecular weight is 358 g/mol. The first kappa shape index (κ1) is 17.6. The zero-order valence-corrected chi connectivity index (χ0v) is 14.2. The van der Waals surface area contributed by atoms with E-state index in [2.05, 4.69) is 0 Å². The van der Waals surface area contributed by atoms with Crippen molar-refractivity contribution in [3.63, 3.8) is 0 Å². The fourth-order valence-corrected chi connectivity index (χ4v) is 3.33. The third-order valence-electron chi connectivity index (χ3n) is 4.67. The van der Waals surface area contributed by atoms with E-state index in [1.54, 1.807) is 0 Å². The van der Waals surface area contributed by atoms with Crippen LogP contribution in [0.1, 0.15) is 23.7 Å². The third kappa shape index (κ3) is 3.53. The third-order valence-corrected chi connectivity index (χ3v) is 4.67. The van der Waals surface area contributed by atoms with Crippen LogP contribution >= 0.6 is 0 Å². The van der Waals surface area contributed by atoms with Crippen molar-refractivity contribution in [2.75, 3.05) is 13.2 Å². The fourth-order valence-electron chi connectivity index (χ4n) is 3.33. The van der Waals surface area contributed by atoms with Crippen LogP contribution in [0.4, 0.5) is 0 Å². The van der Waals surface area contributed by atoms with Crippen molar-refractivity contribution in [3.05, 3.63) is 71.8 Å². The van der Waals surface area contributed by atoms with Gasteiger partial charge in [-0.05, 0) is 0 Å². The molecule has 2 N–H and O–H groups in total. The molecule has 2 fully saturated rings. The van der Waals surface area contributed by atoms with Gasteiger partial charge in [0.1, 0.15) is 24.4 Å². The predicted molar refractivity (Wildman–Crippen MR) is 92.0 cm³/mol. The van der Waals surface area contributed by atoms with Gasteiger partial charge in [-0.25, -0.2) is 0 Å². The van der Waals surface area contributed by atoms with Gasteiger partial charge in [0, 0.05) is 11.1 Å². The van der Waals surface area contributed by atoms with Crippen molar-refractivity contribution >= 4 is 0 Å². The van der Waals surface area contributed by atoms with E-state index < -0.39 is 43.6 Å². The van der Waals surface area contributed by atoms with E-state index in [0.29, 0.717) is 6.61 Å². The predicted octanol–water partition coefficient (Wildman–Crippen LogP) is 1.94. The lowest BCUT2D eigenvalue weighted by Crippen LogP contribution is -2.58. The van der Waals surface area contributed by atoms with Crippen LogP contribution in [0.3, 0.4) is 0 Å². The Morgan fingerprint density at radius 2 is 1.46 bits per heavy atom. The van der Waals surface area contributed by atoms with Crippen molar-refractivity contribution < 1.29 is 29.2 Å². The quantitative estimate of drug-likeness (QED) is 0.870. The number of aliphatic hydroxyl groups excluding tert-OH is 2. The maximum absolute atomic E-state index is 10.3. The molecule has 0 saturated carbocycles. The second-order valence-corrected chi connectivity index (χ2v) is 6.44. The Hall–Kier alpha value is -1.80. The molecule has 4 rings (SSSR count). The summed E-state index contributed by atoms with van der Waals surface area (Å²) in [6, 6.07) is 19.1. The van der Waals surface area contributed by atoms with E-state index in [0.717, 1.165) is 11.1 Å². The Bertz CT molecular complexity index is 692. The number of fused-ring (bicyclic) bond motifs is 1. The van der Waals surface area contributed by atoms with Crippen molar-refractivity contribution in [3.8, 4) is 0 Å². The summed E-state index contributed by atoms with van der Waals surface area (Å²) in [6.45, 7) is -0.110. The highest BCUT2D eigenvalue weighted by atomic mass is 16.8. The van der Waals surface area contributed by atoms with Crippen molar-refractivity contribution in [1.29, 1.82) is 0 Å². The number of hydrogen-bond donors (Lipinski definition) is 2. The molecule has 0 radical (unpaired) electrons. The smallest absolute Gasteiger partial charge is 0.184 e. The first-order chi connectivity index (χ1) is 12.8. The largest absolute Gasteiger partial charge is 0.394 e. The number of rotatable bonds is 4. The zero-order chi connectivity index (χ0) is 17.9. The molecule has 0 aromatic heterocycles. The molecule has 26 heavy (non-hydrogen) atoms. The van der Waals surface area contributed by atoms with Gasteiger partial charge in [0.15, 0.2) is 12.6 Å². The molecule has 0 unspecified atom stereocenters. The van der Waals surface area contributed by atoms with Crippen molar-refractivity contribution in [2.24, 2.45) is 0 Å². The normalized spacial score (nSPS) is 32.6. The molecule has 6 heteroatoms. The zero-order valence-electron chi connectivity index (χ0n) is 14.2. The second-order valence-electron chi connectivity index (χ2n) is 6.44. The Kier molecular flexibility index (Phi) is 5.31. The Balaban J connectivity index is 1.56. The lowest BCUT2D eigenvalue weighted by atomic mass is 9.99. The molecule has 2 aromatic carbocycles. The van der Waals surface area contributed by atoms with Gasteiger partial charge in [-0.3, -0.25) is 0 Å². The van der Waals surface area contributed by atoms with E-state index in [4.69, 9.17) is 18.9 Å². The highest BCUT2D eigenvalue weighted by molar-refractivity contribution is 5.18. The first-order valence-electron chi connectivity index (χ1n) is 8.73. The van der Waals surface area contributed by atoms with Crippen molar-refractivity contribution in [1.82, 2.24) is 0 Å². The molecule has 0 amide bonds. The molecule has 0 aliphatic carbocycles. The van der Waals surface area contributed by atoms with Crippen LogP contribution in [0.25, 0.3) is 0 Å². The minimum absolute atomic E-state index is 0.311. The maximum Gasteiger partial charge on any atom is 0.184 e. The highest BCUT2D eigenvalue weighted by Crippen LogP contribution is 2.38. The summed E-state index contributed by atoms with van der Waals surface area (Å²) < 4.78 is 23.9. The van der Waals surface area contributed by atoms with Crippen LogP contribution in [-0.4, -0.2) is 47.8 Å². The van der Waals surface area contributed by atoms with E-state index in [-0.39, 0.29) is 0 Å². The van der Waals surface area contributed by atoms with Gasteiger partial charge in [-0.2, -0.15) is 0 Å². The summed E-state index contributed by atoms with van der Waals surface area (Å²) in [4.78, 5) is 0. The Morgan fingerprint density at radius 1 is 0.846 bits per heavy atom. The van der Waals surface area contributed by atoms with Crippen molar-refractivity contribution in [2.45, 2.75) is 37.0 Å². The molecule has 6 atom stereocenters. The van der Waals surface area contributed by atoms with Gasteiger partial charge in [0.2, 0.25) is 0 Å². The van der Waals surface area contributed by atoms with Crippen LogP contribution in [0.5, 0.6) is 0 Å². The Labute approximate surface area is 151 Å². The molecule has 6 nitrogen and oxygen atoms in total. The summed E-state index contributed by atoms with van der Waals surface area (Å²) in [6.07, 6.45) is -3.96. The van der Waals surface area contributed by atoms with Gasteiger partial charge >= 0.3 is 0 Å². The van der Waals surface area contributed by atoms with Crippen LogP contribution in [0.15, 0.2) is 60.7 Å². The van der Waals surface area contributed by atoms with Gasteiger partial charge in [0.05, 0.1) is 13.2 Å². The second kappa shape index (κ2) is 7.84. The minimum atomic E-state index is -1.08. The molecule has 0 spiro atoms. The molecule has 2 saturated heterocycles. The molecular weight excluding hydrogens is 336 g/mol. The number of aliphatic hydroxyl groups is 2. The summed E-state index contributed by atoms with van der Waals surface area (Å²) in [7, 11) is 0. The minimum Gasteiger partial charge on any atom is -0.394 e. The molecule has 0 bridgehead atoms. The van der Waals surface area contributed by atoms with E-state index in [1.165, 1.54) is 0 Å². The SMILES string of the molecule is OC[C@H](O)[C@@H]1O[C@H](c2ccccc2)O[C@@H]2CO[C@@H](c3ccccc3)O[C@H]12. The van der Waals surface area contributed by atoms with Gasteiger partial charge < -0.3 is 29.2 Å². The van der Waals surface area contributed by atoms with Crippen LogP contribution in [0.2, 0.25) is 0 Å². The van der Waals surface area contributed by atoms with E-state index in [9.17, 15) is 10.2 Å². The Morgan fingerprint density at radius 3 is 2.08 bits per heavy atom. The molecule has 2 aliphatic rings. The van der Waals surface area contributed by atoms with E-state index in [1.807, 2.05) is 60.7 Å². The van der Waals surface area contributed by atoms with Gasteiger partial charge in [0.25, 0.3) is 0 Å². The van der Waals surface area contributed by atoms with Crippen LogP contribution in [-0.2, 0) is 18.9 Å². The summed E-state index contributed by atoms with van der Waals surface area (Å²) in [5, 5.41) is 19.8. The topological polar surface area (TPSA) is 77.4 Å². The molecule has 2 heterocycles. The standard InChI is InChI=1S/C20H22O6/c21-11-15(22)17-18-16(24-20(25-17)14-9-5-2-6-10-14)12-23-19(26-18)13-7-3-1-4-8-13/h1-10,15-22H,11-12H2/t15-,16+,17-,18-,19+,20+/m0/s1. The van der Waals surface area contributed by atoms with Gasteiger partial charge in [-0.15, -0.1) is 0 Å². The lowest BCUT2D eigenvalue weighted by Gasteiger charge is -2.47. The molecule has 2 aliphatic heterocycles. The highest BCUT2D eigenvalue weighted by Gasteiger charge is 2.48. The fraction of sp³-hybridized carbons (Fsp3) is 0.400. The molecule has 138 valence electrons.